The van der Waals surface area contributed by atoms with E-state index < -0.39 is 0 Å². The summed E-state index contributed by atoms with van der Waals surface area (Å²) < 4.78 is 5.84. The van der Waals surface area contributed by atoms with Crippen LogP contribution < -0.4 is 5.32 Å². The van der Waals surface area contributed by atoms with Crippen LogP contribution in [0.1, 0.15) is 59.3 Å². The summed E-state index contributed by atoms with van der Waals surface area (Å²) in [7, 11) is 0. The van der Waals surface area contributed by atoms with Gasteiger partial charge in [-0.2, -0.15) is 0 Å². The average Bonchev–Trinajstić information content (AvgIpc) is 2.47. The maximum absolute atomic E-state index is 9.94. The Bertz CT molecular complexity index is 309. The predicted octanol–water partition coefficient (Wildman–Crippen LogP) is 2.16. The van der Waals surface area contributed by atoms with Crippen LogP contribution in [0.5, 0.6) is 0 Å². The molecule has 1 saturated heterocycles. The fourth-order valence-electron chi connectivity index (χ4n) is 4.25. The zero-order chi connectivity index (χ0) is 15.3. The number of aliphatic hydroxyl groups is 1. The molecule has 1 heterocycles. The van der Waals surface area contributed by atoms with Crippen LogP contribution in [0.4, 0.5) is 0 Å². The van der Waals surface area contributed by atoms with Crippen molar-refractivity contribution in [3.05, 3.63) is 0 Å². The normalized spacial score (nSPS) is 35.3. The molecule has 1 saturated carbocycles. The van der Waals surface area contributed by atoms with Gasteiger partial charge in [-0.25, -0.2) is 0 Å². The third kappa shape index (κ3) is 4.65. The van der Waals surface area contributed by atoms with Gasteiger partial charge >= 0.3 is 0 Å². The minimum absolute atomic E-state index is 0.0738. The number of hydrogen-bond acceptors (Lipinski definition) is 4. The van der Waals surface area contributed by atoms with Crippen LogP contribution in [-0.2, 0) is 4.74 Å². The molecule has 0 aromatic heterocycles. The van der Waals surface area contributed by atoms with Crippen molar-refractivity contribution in [1.82, 2.24) is 10.2 Å². The van der Waals surface area contributed by atoms with Crippen LogP contribution >= 0.6 is 0 Å². The van der Waals surface area contributed by atoms with Crippen LogP contribution in [0.25, 0.3) is 0 Å². The second-order valence-corrected chi connectivity index (χ2v) is 7.20. The van der Waals surface area contributed by atoms with E-state index in [1.54, 1.807) is 0 Å². The summed E-state index contributed by atoms with van der Waals surface area (Å²) in [5.41, 5.74) is -0.0738. The van der Waals surface area contributed by atoms with E-state index in [2.05, 4.69) is 31.0 Å². The van der Waals surface area contributed by atoms with Crippen LogP contribution in [0, 0.1) is 0 Å². The van der Waals surface area contributed by atoms with Crippen molar-refractivity contribution in [2.45, 2.75) is 83.0 Å². The molecule has 2 rings (SSSR count). The Labute approximate surface area is 130 Å². The van der Waals surface area contributed by atoms with Gasteiger partial charge in [0.1, 0.15) is 0 Å². The van der Waals surface area contributed by atoms with Crippen LogP contribution in [-0.4, -0.2) is 60.0 Å². The zero-order valence-corrected chi connectivity index (χ0v) is 14.1. The molecular formula is C17H34N2O2. The van der Waals surface area contributed by atoms with Crippen molar-refractivity contribution in [2.24, 2.45) is 0 Å². The Morgan fingerprint density at radius 3 is 2.81 bits per heavy atom. The molecule has 0 aromatic rings. The van der Waals surface area contributed by atoms with E-state index >= 15 is 0 Å². The van der Waals surface area contributed by atoms with Crippen molar-refractivity contribution in [1.29, 1.82) is 0 Å². The van der Waals surface area contributed by atoms with Crippen molar-refractivity contribution in [2.75, 3.05) is 26.3 Å². The van der Waals surface area contributed by atoms with Crippen molar-refractivity contribution in [3.63, 3.8) is 0 Å². The molecule has 0 amide bonds. The molecule has 2 N–H and O–H groups in total. The Kier molecular flexibility index (Phi) is 6.48. The van der Waals surface area contributed by atoms with Gasteiger partial charge in [0.25, 0.3) is 0 Å². The molecule has 4 heteroatoms. The summed E-state index contributed by atoms with van der Waals surface area (Å²) in [6, 6.07) is 1.02. The van der Waals surface area contributed by atoms with Gasteiger partial charge in [-0.05, 0) is 52.0 Å². The first kappa shape index (κ1) is 17.2. The van der Waals surface area contributed by atoms with Gasteiger partial charge in [-0.3, -0.25) is 4.90 Å². The number of hydrogen-bond donors (Lipinski definition) is 2. The first-order valence-electron chi connectivity index (χ1n) is 8.83. The number of nitrogens with zero attached hydrogens (tertiary/aromatic N) is 1. The minimum Gasteiger partial charge on any atom is -0.394 e. The van der Waals surface area contributed by atoms with Gasteiger partial charge < -0.3 is 15.2 Å². The van der Waals surface area contributed by atoms with Gasteiger partial charge in [-0.15, -0.1) is 0 Å². The van der Waals surface area contributed by atoms with Crippen molar-refractivity contribution >= 4 is 0 Å². The molecule has 1 aliphatic heterocycles. The third-order valence-corrected chi connectivity index (χ3v) is 5.04. The van der Waals surface area contributed by atoms with E-state index in [0.717, 1.165) is 26.0 Å². The SMILES string of the molecule is CCOC1CCCN(C2CCCC(CO)(NC(C)C)C2)C1. The largest absolute Gasteiger partial charge is 0.394 e. The molecule has 3 unspecified atom stereocenters. The summed E-state index contributed by atoms with van der Waals surface area (Å²) in [6.07, 6.45) is 7.49. The zero-order valence-electron chi connectivity index (χ0n) is 14.1. The number of piperidine rings is 1. The lowest BCUT2D eigenvalue weighted by Gasteiger charge is -2.47. The van der Waals surface area contributed by atoms with Gasteiger partial charge in [0.2, 0.25) is 0 Å². The summed E-state index contributed by atoms with van der Waals surface area (Å²) >= 11 is 0. The first-order chi connectivity index (χ1) is 10.1. The highest BCUT2D eigenvalue weighted by atomic mass is 16.5. The van der Waals surface area contributed by atoms with Gasteiger partial charge in [-0.1, -0.05) is 13.8 Å². The third-order valence-electron chi connectivity index (χ3n) is 5.04. The standard InChI is InChI=1S/C17H34N2O2/c1-4-21-16-8-6-10-19(12-16)15-7-5-9-17(11-15,13-20)18-14(2)3/h14-16,18,20H,4-13H2,1-3H3. The average molecular weight is 298 g/mol. The molecule has 0 aromatic carbocycles. The Morgan fingerprint density at radius 1 is 1.33 bits per heavy atom. The molecule has 2 fully saturated rings. The molecule has 0 bridgehead atoms. The van der Waals surface area contributed by atoms with Gasteiger partial charge in [0.05, 0.1) is 12.7 Å². The van der Waals surface area contributed by atoms with Gasteiger partial charge in [0, 0.05) is 30.8 Å². The monoisotopic (exact) mass is 298 g/mol. The Balaban J connectivity index is 1.96. The molecule has 1 aliphatic carbocycles. The van der Waals surface area contributed by atoms with Crippen molar-refractivity contribution < 1.29 is 9.84 Å². The molecule has 0 radical (unpaired) electrons. The van der Waals surface area contributed by atoms with E-state index in [-0.39, 0.29) is 12.1 Å². The topological polar surface area (TPSA) is 44.7 Å². The number of ether oxygens (including phenoxy) is 1. The summed E-state index contributed by atoms with van der Waals surface area (Å²) in [4.78, 5) is 2.62. The van der Waals surface area contributed by atoms with Crippen LogP contribution in [0.15, 0.2) is 0 Å². The van der Waals surface area contributed by atoms with E-state index in [0.29, 0.717) is 18.2 Å². The molecule has 0 spiro atoms. The molecule has 4 nitrogen and oxygen atoms in total. The van der Waals surface area contributed by atoms with E-state index in [9.17, 15) is 5.11 Å². The summed E-state index contributed by atoms with van der Waals surface area (Å²) in [5.74, 6) is 0. The Morgan fingerprint density at radius 2 is 2.14 bits per heavy atom. The highest BCUT2D eigenvalue weighted by molar-refractivity contribution is 4.98. The lowest BCUT2D eigenvalue weighted by molar-refractivity contribution is -0.0249. The lowest BCUT2D eigenvalue weighted by atomic mass is 9.78. The van der Waals surface area contributed by atoms with Crippen LogP contribution in [0.3, 0.4) is 0 Å². The molecule has 21 heavy (non-hydrogen) atoms. The summed E-state index contributed by atoms with van der Waals surface area (Å²) in [6.45, 7) is 9.77. The highest BCUT2D eigenvalue weighted by Gasteiger charge is 2.39. The maximum Gasteiger partial charge on any atom is 0.0702 e. The Hall–Kier alpha value is -0.160. The van der Waals surface area contributed by atoms with E-state index in [1.165, 1.54) is 32.2 Å². The number of rotatable bonds is 6. The van der Waals surface area contributed by atoms with E-state index in [4.69, 9.17) is 4.74 Å². The van der Waals surface area contributed by atoms with Gasteiger partial charge in [0.15, 0.2) is 0 Å². The fourth-order valence-corrected chi connectivity index (χ4v) is 4.25. The number of nitrogens with one attached hydrogen (secondary N) is 1. The van der Waals surface area contributed by atoms with Crippen molar-refractivity contribution in [3.8, 4) is 0 Å². The lowest BCUT2D eigenvalue weighted by Crippen LogP contribution is -2.58. The number of aliphatic hydroxyl groups excluding tert-OH is 1. The molecule has 124 valence electrons. The molecule has 2 aliphatic rings. The van der Waals surface area contributed by atoms with E-state index in [1.807, 2.05) is 0 Å². The number of likely N-dealkylation sites (tertiary alicyclic amines) is 1. The molecule has 3 atom stereocenters. The minimum atomic E-state index is -0.0738. The quantitative estimate of drug-likeness (QED) is 0.789. The first-order valence-corrected chi connectivity index (χ1v) is 8.83. The second kappa shape index (κ2) is 7.91. The fraction of sp³-hybridized carbons (Fsp3) is 1.00. The predicted molar refractivity (Wildman–Crippen MR) is 86.6 cm³/mol. The maximum atomic E-state index is 9.94. The second-order valence-electron chi connectivity index (χ2n) is 7.20. The summed E-state index contributed by atoms with van der Waals surface area (Å²) in [5, 5.41) is 13.6. The van der Waals surface area contributed by atoms with Crippen LogP contribution in [0.2, 0.25) is 0 Å². The molecular weight excluding hydrogens is 264 g/mol. The highest BCUT2D eigenvalue weighted by Crippen LogP contribution is 2.33. The smallest absolute Gasteiger partial charge is 0.0702 e.